The van der Waals surface area contributed by atoms with Crippen molar-refractivity contribution in [2.24, 2.45) is 11.8 Å². The molecule has 1 aromatic rings. The van der Waals surface area contributed by atoms with E-state index in [4.69, 9.17) is 5.11 Å². The van der Waals surface area contributed by atoms with Gasteiger partial charge in [0.2, 0.25) is 5.91 Å². The normalized spacial score (nSPS) is 22.7. The summed E-state index contributed by atoms with van der Waals surface area (Å²) < 4.78 is 0.841. The molecule has 1 fully saturated rings. The van der Waals surface area contributed by atoms with Crippen molar-refractivity contribution in [2.75, 3.05) is 25.0 Å². The summed E-state index contributed by atoms with van der Waals surface area (Å²) >= 11 is 3.27. The summed E-state index contributed by atoms with van der Waals surface area (Å²) in [6, 6.07) is 3.50. The van der Waals surface area contributed by atoms with Crippen LogP contribution in [0.3, 0.4) is 0 Å². The van der Waals surface area contributed by atoms with Gasteiger partial charge in [0.25, 0.3) is 0 Å². The van der Waals surface area contributed by atoms with Crippen molar-refractivity contribution in [3.8, 4) is 0 Å². The Labute approximate surface area is 125 Å². The molecule has 6 nitrogen and oxygen atoms in total. The number of nitrogens with zero attached hydrogens (tertiary/aromatic N) is 2. The number of likely N-dealkylation sites (tertiary alicyclic amines) is 1. The van der Waals surface area contributed by atoms with Crippen LogP contribution in [0.25, 0.3) is 0 Å². The molecule has 0 aromatic carbocycles. The van der Waals surface area contributed by atoms with Crippen LogP contribution in [0.5, 0.6) is 0 Å². The number of halogens is 1. The maximum atomic E-state index is 11.9. The van der Waals surface area contributed by atoms with Gasteiger partial charge >= 0.3 is 5.97 Å². The van der Waals surface area contributed by atoms with E-state index in [0.29, 0.717) is 18.9 Å². The Hall–Kier alpha value is -1.47. The minimum Gasteiger partial charge on any atom is -0.481 e. The number of anilines is 1. The zero-order valence-electron chi connectivity index (χ0n) is 11.0. The van der Waals surface area contributed by atoms with Crippen molar-refractivity contribution in [2.45, 2.75) is 6.92 Å². The van der Waals surface area contributed by atoms with Crippen LogP contribution in [0, 0.1) is 11.8 Å². The molecule has 0 bridgehead atoms. The van der Waals surface area contributed by atoms with Gasteiger partial charge in [-0.15, -0.1) is 0 Å². The number of pyridine rings is 1. The second-order valence-electron chi connectivity index (χ2n) is 5.03. The predicted molar refractivity (Wildman–Crippen MR) is 77.3 cm³/mol. The summed E-state index contributed by atoms with van der Waals surface area (Å²) in [7, 11) is 0. The molecule has 2 rings (SSSR count). The average molecular weight is 342 g/mol. The second-order valence-corrected chi connectivity index (χ2v) is 5.94. The SMILES string of the molecule is C[C@@H]1CN(CC(=O)Nc2ccc(Br)cn2)C[C@H]1C(=O)O. The van der Waals surface area contributed by atoms with Gasteiger partial charge in [0.05, 0.1) is 12.5 Å². The fourth-order valence-corrected chi connectivity index (χ4v) is 2.59. The standard InChI is InChI=1S/C13H16BrN3O3/c1-8-5-17(6-10(8)13(19)20)7-12(18)16-11-3-2-9(14)4-15-11/h2-4,8,10H,5-7H2,1H3,(H,19,20)(H,15,16,18)/t8-,10-/m1/s1. The average Bonchev–Trinajstić information content (AvgIpc) is 2.73. The largest absolute Gasteiger partial charge is 0.481 e. The number of carboxylic acid groups (broad SMARTS) is 1. The Morgan fingerprint density at radius 2 is 2.25 bits per heavy atom. The Balaban J connectivity index is 1.86. The molecular weight excluding hydrogens is 326 g/mol. The third kappa shape index (κ3) is 3.77. The highest BCUT2D eigenvalue weighted by atomic mass is 79.9. The van der Waals surface area contributed by atoms with Crippen molar-refractivity contribution in [3.63, 3.8) is 0 Å². The molecule has 2 atom stereocenters. The minimum absolute atomic E-state index is 0.0612. The van der Waals surface area contributed by atoms with Crippen LogP contribution < -0.4 is 5.32 Å². The van der Waals surface area contributed by atoms with E-state index in [1.165, 1.54) is 0 Å². The highest BCUT2D eigenvalue weighted by Crippen LogP contribution is 2.22. The summed E-state index contributed by atoms with van der Waals surface area (Å²) in [6.45, 7) is 3.12. The molecule has 2 N–H and O–H groups in total. The highest BCUT2D eigenvalue weighted by molar-refractivity contribution is 9.10. The van der Waals surface area contributed by atoms with Crippen molar-refractivity contribution in [1.29, 1.82) is 0 Å². The summed E-state index contributed by atoms with van der Waals surface area (Å²) in [4.78, 5) is 28.8. The molecule has 1 aliphatic rings. The van der Waals surface area contributed by atoms with Gasteiger partial charge in [-0.25, -0.2) is 4.98 Å². The molecule has 2 heterocycles. The van der Waals surface area contributed by atoms with Crippen LogP contribution in [0.1, 0.15) is 6.92 Å². The number of carboxylic acids is 1. The van der Waals surface area contributed by atoms with Crippen molar-refractivity contribution >= 4 is 33.6 Å². The van der Waals surface area contributed by atoms with E-state index in [9.17, 15) is 9.59 Å². The maximum absolute atomic E-state index is 11.9. The van der Waals surface area contributed by atoms with Crippen molar-refractivity contribution in [3.05, 3.63) is 22.8 Å². The van der Waals surface area contributed by atoms with Gasteiger partial charge in [-0.3, -0.25) is 14.5 Å². The molecule has 1 amide bonds. The van der Waals surface area contributed by atoms with Crippen LogP contribution in [0.4, 0.5) is 5.82 Å². The third-order valence-electron chi connectivity index (χ3n) is 3.37. The van der Waals surface area contributed by atoms with Gasteiger partial charge in [0, 0.05) is 23.8 Å². The summed E-state index contributed by atoms with van der Waals surface area (Å²) in [5.74, 6) is -0.826. The van der Waals surface area contributed by atoms with Gasteiger partial charge in [0.15, 0.2) is 0 Å². The fraction of sp³-hybridized carbons (Fsp3) is 0.462. The first-order valence-corrected chi connectivity index (χ1v) is 7.11. The number of rotatable bonds is 4. The van der Waals surface area contributed by atoms with E-state index in [-0.39, 0.29) is 18.4 Å². The van der Waals surface area contributed by atoms with Crippen LogP contribution in [-0.2, 0) is 9.59 Å². The van der Waals surface area contributed by atoms with Crippen molar-refractivity contribution in [1.82, 2.24) is 9.88 Å². The lowest BCUT2D eigenvalue weighted by Crippen LogP contribution is -2.32. The van der Waals surface area contributed by atoms with Crippen LogP contribution in [0.15, 0.2) is 22.8 Å². The van der Waals surface area contributed by atoms with E-state index in [1.54, 1.807) is 18.3 Å². The Morgan fingerprint density at radius 1 is 1.50 bits per heavy atom. The number of hydrogen-bond acceptors (Lipinski definition) is 4. The van der Waals surface area contributed by atoms with Crippen LogP contribution in [-0.4, -0.2) is 46.5 Å². The summed E-state index contributed by atoms with van der Waals surface area (Å²) in [5, 5.41) is 11.8. The zero-order valence-corrected chi connectivity index (χ0v) is 12.6. The lowest BCUT2D eigenvalue weighted by Gasteiger charge is -2.14. The quantitative estimate of drug-likeness (QED) is 0.865. The molecule has 0 unspecified atom stereocenters. The van der Waals surface area contributed by atoms with Crippen LogP contribution >= 0.6 is 15.9 Å². The number of aliphatic carboxylic acids is 1. The Morgan fingerprint density at radius 3 is 2.80 bits per heavy atom. The third-order valence-corrected chi connectivity index (χ3v) is 3.84. The van der Waals surface area contributed by atoms with E-state index >= 15 is 0 Å². The molecule has 1 aliphatic heterocycles. The monoisotopic (exact) mass is 341 g/mol. The first-order valence-electron chi connectivity index (χ1n) is 6.32. The van der Waals surface area contributed by atoms with Gasteiger partial charge in [-0.1, -0.05) is 6.92 Å². The number of carbonyl (C=O) groups is 2. The topological polar surface area (TPSA) is 82.5 Å². The number of amides is 1. The lowest BCUT2D eigenvalue weighted by molar-refractivity contribution is -0.142. The first-order chi connectivity index (χ1) is 9.45. The fourth-order valence-electron chi connectivity index (χ4n) is 2.35. The Bertz CT molecular complexity index is 506. The molecule has 1 saturated heterocycles. The smallest absolute Gasteiger partial charge is 0.308 e. The molecule has 7 heteroatoms. The maximum Gasteiger partial charge on any atom is 0.308 e. The van der Waals surface area contributed by atoms with E-state index in [0.717, 1.165) is 4.47 Å². The van der Waals surface area contributed by atoms with Crippen LogP contribution in [0.2, 0.25) is 0 Å². The van der Waals surface area contributed by atoms with E-state index in [1.807, 2.05) is 11.8 Å². The molecule has 20 heavy (non-hydrogen) atoms. The Kier molecular flexibility index (Phi) is 4.72. The zero-order chi connectivity index (χ0) is 14.7. The molecule has 1 aromatic heterocycles. The molecule has 0 spiro atoms. The van der Waals surface area contributed by atoms with Crippen molar-refractivity contribution < 1.29 is 14.7 Å². The van der Waals surface area contributed by atoms with E-state index < -0.39 is 11.9 Å². The lowest BCUT2D eigenvalue weighted by atomic mass is 9.99. The van der Waals surface area contributed by atoms with Gasteiger partial charge in [0.1, 0.15) is 5.82 Å². The first kappa shape index (κ1) is 14.9. The van der Waals surface area contributed by atoms with E-state index in [2.05, 4.69) is 26.2 Å². The van der Waals surface area contributed by atoms with Gasteiger partial charge < -0.3 is 10.4 Å². The predicted octanol–water partition coefficient (Wildman–Crippen LogP) is 1.44. The molecule has 0 radical (unpaired) electrons. The summed E-state index contributed by atoms with van der Waals surface area (Å²) in [6.07, 6.45) is 1.61. The molecular formula is C13H16BrN3O3. The highest BCUT2D eigenvalue weighted by Gasteiger charge is 2.35. The summed E-state index contributed by atoms with van der Waals surface area (Å²) in [5.41, 5.74) is 0. The number of carbonyl (C=O) groups excluding carboxylic acids is 1. The molecule has 108 valence electrons. The number of nitrogens with one attached hydrogen (secondary N) is 1. The van der Waals surface area contributed by atoms with Gasteiger partial charge in [-0.05, 0) is 34.0 Å². The molecule has 0 aliphatic carbocycles. The van der Waals surface area contributed by atoms with Gasteiger partial charge in [-0.2, -0.15) is 0 Å². The molecule has 0 saturated carbocycles. The minimum atomic E-state index is -0.796. The second kappa shape index (κ2) is 6.32. The number of aromatic nitrogens is 1. The number of hydrogen-bond donors (Lipinski definition) is 2.